The third-order valence-corrected chi connectivity index (χ3v) is 13.4. The molecule has 0 aromatic carbocycles. The maximum atomic E-state index is 12.9. The van der Waals surface area contributed by atoms with E-state index in [-0.39, 0.29) is 31.1 Å². The summed E-state index contributed by atoms with van der Waals surface area (Å²) < 4.78 is 16.9. The number of hydrogen-bond acceptors (Lipinski definition) is 6. The third kappa shape index (κ3) is 65.6. The van der Waals surface area contributed by atoms with Crippen molar-refractivity contribution >= 4 is 17.9 Å². The average Bonchev–Trinajstić information content (AvgIpc) is 3.47. The Bertz CT molecular complexity index is 1870. The van der Waals surface area contributed by atoms with Crippen molar-refractivity contribution in [2.24, 2.45) is 0 Å². The molecule has 0 amide bonds. The van der Waals surface area contributed by atoms with Crippen molar-refractivity contribution in [3.05, 3.63) is 170 Å². The molecular weight excluding hydrogens is 1010 g/mol. The van der Waals surface area contributed by atoms with Gasteiger partial charge in [0.1, 0.15) is 13.2 Å². The topological polar surface area (TPSA) is 78.9 Å². The Morgan fingerprint density at radius 3 is 0.768 bits per heavy atom. The molecular formula is C76H120O6. The Hall–Kier alpha value is -5.23. The highest BCUT2D eigenvalue weighted by Crippen LogP contribution is 2.14. The van der Waals surface area contributed by atoms with Crippen molar-refractivity contribution in [3.8, 4) is 0 Å². The normalized spacial score (nSPS) is 13.3. The minimum Gasteiger partial charge on any atom is -0.462 e. The van der Waals surface area contributed by atoms with Gasteiger partial charge >= 0.3 is 17.9 Å². The largest absolute Gasteiger partial charge is 0.462 e. The van der Waals surface area contributed by atoms with Crippen LogP contribution in [0.15, 0.2) is 170 Å². The summed E-state index contributed by atoms with van der Waals surface area (Å²) in [4.78, 5) is 38.3. The summed E-state index contributed by atoms with van der Waals surface area (Å²) in [5.41, 5.74) is 0. The fraction of sp³-hybridized carbons (Fsp3) is 0.592. The van der Waals surface area contributed by atoms with E-state index in [1.807, 2.05) is 0 Å². The molecule has 0 saturated heterocycles. The summed E-state index contributed by atoms with van der Waals surface area (Å²) in [5.74, 6) is -0.965. The van der Waals surface area contributed by atoms with Gasteiger partial charge in [0.25, 0.3) is 0 Å². The molecule has 0 bridgehead atoms. The Morgan fingerprint density at radius 2 is 0.476 bits per heavy atom. The van der Waals surface area contributed by atoms with Crippen LogP contribution in [0.2, 0.25) is 0 Å². The zero-order valence-electron chi connectivity index (χ0n) is 52.7. The molecule has 1 unspecified atom stereocenters. The van der Waals surface area contributed by atoms with Crippen molar-refractivity contribution < 1.29 is 28.6 Å². The zero-order valence-corrected chi connectivity index (χ0v) is 52.7. The monoisotopic (exact) mass is 1130 g/mol. The molecule has 0 rings (SSSR count). The van der Waals surface area contributed by atoms with Crippen molar-refractivity contribution in [2.75, 3.05) is 13.2 Å². The quantitative estimate of drug-likeness (QED) is 0.0261. The molecule has 0 aliphatic carbocycles. The number of ether oxygens (including phenoxy) is 3. The van der Waals surface area contributed by atoms with Crippen LogP contribution in [0, 0.1) is 0 Å². The smallest absolute Gasteiger partial charge is 0.306 e. The second-order valence-corrected chi connectivity index (χ2v) is 21.3. The lowest BCUT2D eigenvalue weighted by Crippen LogP contribution is -2.30. The molecule has 0 aliphatic rings. The molecule has 82 heavy (non-hydrogen) atoms. The van der Waals surface area contributed by atoms with Crippen molar-refractivity contribution in [2.45, 2.75) is 277 Å². The highest BCUT2D eigenvalue weighted by molar-refractivity contribution is 5.71. The molecule has 0 aliphatic heterocycles. The zero-order chi connectivity index (χ0) is 59.2. The summed E-state index contributed by atoms with van der Waals surface area (Å²) in [6.07, 6.45) is 101. The SMILES string of the molecule is CC/C=C\C/C=C\C/C=C\C/C=C\C/C=C\C/C=C\C/C=C\C/C=C\C/C=C\CCCCCC(=O)OCC(COC(=O)CCCCCCC/C=C\CCCCCCC)OC(=O)CCCCCCCC/C=C\C/C=C\C/C=C\C/C=C\CC. The Balaban J connectivity index is 4.45. The van der Waals surface area contributed by atoms with E-state index in [1.54, 1.807) is 0 Å². The van der Waals surface area contributed by atoms with Crippen LogP contribution < -0.4 is 0 Å². The number of rotatable bonds is 58. The van der Waals surface area contributed by atoms with Crippen molar-refractivity contribution in [1.29, 1.82) is 0 Å². The maximum absolute atomic E-state index is 12.9. The first-order chi connectivity index (χ1) is 40.5. The van der Waals surface area contributed by atoms with Crippen LogP contribution in [-0.2, 0) is 28.6 Å². The molecule has 0 heterocycles. The number of hydrogen-bond donors (Lipinski definition) is 0. The molecule has 0 aromatic rings. The highest BCUT2D eigenvalue weighted by Gasteiger charge is 2.19. The Labute approximate surface area is 504 Å². The standard InChI is InChI=1S/C76H120O6/c1-4-7-10-13-16-19-22-25-28-30-32-33-34-35-36-37-38-39-40-41-42-43-45-46-48-51-54-57-60-63-66-69-75(78)81-72-73(71-80-74(77)68-65-62-59-56-53-50-27-24-21-18-15-12-9-6-3)82-76(79)70-67-64-61-58-55-52-49-47-44-31-29-26-23-20-17-14-11-8-5-2/h7-8,10-11,16-17,19-20,24-29,32-33,35-36,38-39,41-42,44-47,51,54,73H,4-6,9,12-15,18,21-23,30-31,34,37,40,43,48-50,52-53,55-72H2,1-3H3/b10-7-,11-8-,19-16-,20-17-,27-24-,28-25-,29-26-,33-32-,36-35-,39-38-,42-41-,46-45-,47-44-,54-51-. The first kappa shape index (κ1) is 76.8. The van der Waals surface area contributed by atoms with Gasteiger partial charge in [0.15, 0.2) is 6.10 Å². The van der Waals surface area contributed by atoms with Crippen LogP contribution in [0.3, 0.4) is 0 Å². The summed E-state index contributed by atoms with van der Waals surface area (Å²) in [5, 5.41) is 0. The van der Waals surface area contributed by atoms with Gasteiger partial charge in [-0.3, -0.25) is 14.4 Å². The van der Waals surface area contributed by atoms with Crippen molar-refractivity contribution in [3.63, 3.8) is 0 Å². The molecule has 0 aromatic heterocycles. The second kappa shape index (κ2) is 68.3. The summed E-state index contributed by atoms with van der Waals surface area (Å²) >= 11 is 0. The molecule has 0 radical (unpaired) electrons. The lowest BCUT2D eigenvalue weighted by atomic mass is 10.1. The van der Waals surface area contributed by atoms with Gasteiger partial charge < -0.3 is 14.2 Å². The first-order valence-electron chi connectivity index (χ1n) is 33.1. The van der Waals surface area contributed by atoms with E-state index in [2.05, 4.69) is 191 Å². The Morgan fingerprint density at radius 1 is 0.256 bits per heavy atom. The van der Waals surface area contributed by atoms with Gasteiger partial charge in [0.05, 0.1) is 0 Å². The minimum atomic E-state index is -0.813. The fourth-order valence-corrected chi connectivity index (χ4v) is 8.54. The van der Waals surface area contributed by atoms with Gasteiger partial charge in [0, 0.05) is 19.3 Å². The number of unbranched alkanes of at least 4 members (excludes halogenated alkanes) is 19. The number of esters is 3. The van der Waals surface area contributed by atoms with Crippen LogP contribution in [0.25, 0.3) is 0 Å². The molecule has 0 fully saturated rings. The lowest BCUT2D eigenvalue weighted by molar-refractivity contribution is -0.167. The minimum absolute atomic E-state index is 0.106. The first-order valence-corrected chi connectivity index (χ1v) is 33.1. The van der Waals surface area contributed by atoms with Gasteiger partial charge in [-0.2, -0.15) is 0 Å². The Kier molecular flexibility index (Phi) is 63.9. The summed E-state index contributed by atoms with van der Waals surface area (Å²) in [7, 11) is 0. The molecule has 0 saturated carbocycles. The predicted molar refractivity (Wildman–Crippen MR) is 357 cm³/mol. The van der Waals surface area contributed by atoms with Crippen molar-refractivity contribution in [1.82, 2.24) is 0 Å². The lowest BCUT2D eigenvalue weighted by Gasteiger charge is -2.18. The highest BCUT2D eigenvalue weighted by atomic mass is 16.6. The second-order valence-electron chi connectivity index (χ2n) is 21.3. The third-order valence-electron chi connectivity index (χ3n) is 13.4. The van der Waals surface area contributed by atoms with Crippen LogP contribution in [0.4, 0.5) is 0 Å². The average molecular weight is 1130 g/mol. The molecule has 0 N–H and O–H groups in total. The van der Waals surface area contributed by atoms with Gasteiger partial charge in [0.2, 0.25) is 0 Å². The maximum Gasteiger partial charge on any atom is 0.306 e. The molecule has 6 heteroatoms. The number of carbonyl (C=O) groups is 3. The summed E-state index contributed by atoms with van der Waals surface area (Å²) in [6, 6.07) is 0. The van der Waals surface area contributed by atoms with Crippen LogP contribution in [0.5, 0.6) is 0 Å². The van der Waals surface area contributed by atoms with E-state index in [9.17, 15) is 14.4 Å². The van der Waals surface area contributed by atoms with Gasteiger partial charge in [-0.05, 0) is 154 Å². The molecule has 0 spiro atoms. The summed E-state index contributed by atoms with van der Waals surface area (Å²) in [6.45, 7) is 6.35. The molecule has 1 atom stereocenters. The number of allylic oxidation sites excluding steroid dienone is 28. The molecule has 460 valence electrons. The van der Waals surface area contributed by atoms with E-state index in [1.165, 1.54) is 57.8 Å². The van der Waals surface area contributed by atoms with E-state index in [4.69, 9.17) is 14.2 Å². The van der Waals surface area contributed by atoms with Crippen LogP contribution in [-0.4, -0.2) is 37.2 Å². The van der Waals surface area contributed by atoms with Crippen LogP contribution in [0.1, 0.15) is 271 Å². The van der Waals surface area contributed by atoms with E-state index < -0.39 is 6.10 Å². The van der Waals surface area contributed by atoms with E-state index in [0.717, 1.165) is 173 Å². The van der Waals surface area contributed by atoms with Gasteiger partial charge in [-0.15, -0.1) is 0 Å². The predicted octanol–water partition coefficient (Wildman–Crippen LogP) is 23.0. The molecule has 6 nitrogen and oxygen atoms in total. The van der Waals surface area contributed by atoms with Gasteiger partial charge in [-0.1, -0.05) is 268 Å². The fourth-order valence-electron chi connectivity index (χ4n) is 8.54. The van der Waals surface area contributed by atoms with E-state index in [0.29, 0.717) is 19.3 Å². The van der Waals surface area contributed by atoms with Gasteiger partial charge in [-0.25, -0.2) is 0 Å². The number of carbonyl (C=O) groups excluding carboxylic acids is 3. The van der Waals surface area contributed by atoms with Crippen LogP contribution >= 0.6 is 0 Å². The van der Waals surface area contributed by atoms with E-state index >= 15 is 0 Å².